The van der Waals surface area contributed by atoms with Crippen molar-refractivity contribution >= 4 is 0 Å². The predicted molar refractivity (Wildman–Crippen MR) is 54.7 cm³/mol. The van der Waals surface area contributed by atoms with Gasteiger partial charge < -0.3 is 4.74 Å². The molecule has 0 fully saturated rings. The number of nitrogens with two attached hydrogens (primary N) is 1. The third-order valence-corrected chi connectivity index (χ3v) is 1.88. The molecule has 1 aromatic heterocycles. The third-order valence-electron chi connectivity index (χ3n) is 1.88. The highest BCUT2D eigenvalue weighted by atomic mass is 16.5. The van der Waals surface area contributed by atoms with Gasteiger partial charge in [-0.25, -0.2) is 0 Å². The van der Waals surface area contributed by atoms with Gasteiger partial charge in [0.15, 0.2) is 5.82 Å². The number of hydrogen-bond acceptors (Lipinski definition) is 6. The monoisotopic (exact) mass is 214 g/mol. The minimum Gasteiger partial charge on any atom is -0.380 e. The Bertz CT molecular complexity index is 276. The van der Waals surface area contributed by atoms with E-state index in [1.54, 1.807) is 7.05 Å². The van der Waals surface area contributed by atoms with Gasteiger partial charge in [-0.1, -0.05) is 6.92 Å². The molecule has 7 heteroatoms. The maximum absolute atomic E-state index is 5.40. The first-order chi connectivity index (χ1) is 7.26. The maximum Gasteiger partial charge on any atom is 0.176 e. The van der Waals surface area contributed by atoms with Gasteiger partial charge in [-0.05, 0) is 11.6 Å². The summed E-state index contributed by atoms with van der Waals surface area (Å²) >= 11 is 0. The summed E-state index contributed by atoms with van der Waals surface area (Å²) in [6.07, 6.45) is 1.62. The van der Waals surface area contributed by atoms with Crippen LogP contribution in [0.1, 0.15) is 19.2 Å². The molecule has 0 aromatic carbocycles. The first kappa shape index (κ1) is 12.0. The minimum absolute atomic E-state index is 0.0285. The molecule has 1 unspecified atom stereocenters. The second kappa shape index (κ2) is 6.44. The smallest absolute Gasteiger partial charge is 0.176 e. The first-order valence-electron chi connectivity index (χ1n) is 5.03. The molecule has 0 bridgehead atoms. The van der Waals surface area contributed by atoms with E-state index in [0.29, 0.717) is 18.9 Å². The van der Waals surface area contributed by atoms with Crippen molar-refractivity contribution in [2.45, 2.75) is 25.8 Å². The standard InChI is InChI=1S/C8H18N6O/c1-3-4-15-6-7(10-9)5-8-11-13-14(2)12-8/h7,10H,3-6,9H2,1-2H3. The van der Waals surface area contributed by atoms with Gasteiger partial charge in [-0.15, -0.1) is 10.2 Å². The van der Waals surface area contributed by atoms with Gasteiger partial charge in [0.05, 0.1) is 19.7 Å². The van der Waals surface area contributed by atoms with Crippen molar-refractivity contribution in [2.75, 3.05) is 13.2 Å². The predicted octanol–water partition coefficient (Wildman–Crippen LogP) is -0.989. The fraction of sp³-hybridized carbons (Fsp3) is 0.875. The zero-order valence-corrected chi connectivity index (χ0v) is 9.18. The van der Waals surface area contributed by atoms with Crippen LogP contribution in [-0.2, 0) is 18.2 Å². The first-order valence-corrected chi connectivity index (χ1v) is 5.03. The number of hydrazine groups is 1. The van der Waals surface area contributed by atoms with E-state index in [-0.39, 0.29) is 6.04 Å². The van der Waals surface area contributed by atoms with Crippen molar-refractivity contribution in [3.8, 4) is 0 Å². The normalized spacial score (nSPS) is 13.0. The van der Waals surface area contributed by atoms with E-state index in [2.05, 4.69) is 27.8 Å². The number of aryl methyl sites for hydroxylation is 1. The van der Waals surface area contributed by atoms with Crippen LogP contribution >= 0.6 is 0 Å². The molecule has 1 atom stereocenters. The van der Waals surface area contributed by atoms with Crippen LogP contribution in [0.25, 0.3) is 0 Å². The zero-order valence-electron chi connectivity index (χ0n) is 9.18. The number of nitrogens with zero attached hydrogens (tertiary/aromatic N) is 4. The molecule has 0 spiro atoms. The van der Waals surface area contributed by atoms with Crippen molar-refractivity contribution in [1.82, 2.24) is 25.6 Å². The minimum atomic E-state index is 0.0285. The van der Waals surface area contributed by atoms with Gasteiger partial charge in [-0.2, -0.15) is 4.80 Å². The van der Waals surface area contributed by atoms with Gasteiger partial charge >= 0.3 is 0 Å². The summed E-state index contributed by atoms with van der Waals surface area (Å²) in [5.41, 5.74) is 2.68. The van der Waals surface area contributed by atoms with Crippen LogP contribution in [0.15, 0.2) is 0 Å². The fourth-order valence-electron chi connectivity index (χ4n) is 1.16. The highest BCUT2D eigenvalue weighted by Gasteiger charge is 2.11. The lowest BCUT2D eigenvalue weighted by molar-refractivity contribution is 0.111. The van der Waals surface area contributed by atoms with E-state index < -0.39 is 0 Å². The highest BCUT2D eigenvalue weighted by molar-refractivity contribution is 4.83. The van der Waals surface area contributed by atoms with Gasteiger partial charge in [0.2, 0.25) is 0 Å². The Balaban J connectivity index is 2.33. The molecule has 0 aliphatic heterocycles. The van der Waals surface area contributed by atoms with E-state index in [4.69, 9.17) is 10.6 Å². The summed E-state index contributed by atoms with van der Waals surface area (Å²) in [6.45, 7) is 3.36. The van der Waals surface area contributed by atoms with Crippen LogP contribution in [0.5, 0.6) is 0 Å². The molecule has 1 aromatic rings. The molecule has 1 heterocycles. The molecule has 0 radical (unpaired) electrons. The molecule has 86 valence electrons. The largest absolute Gasteiger partial charge is 0.380 e. The summed E-state index contributed by atoms with van der Waals surface area (Å²) in [7, 11) is 1.73. The maximum atomic E-state index is 5.40. The lowest BCUT2D eigenvalue weighted by Crippen LogP contribution is -2.40. The zero-order chi connectivity index (χ0) is 11.1. The molecule has 0 saturated carbocycles. The lowest BCUT2D eigenvalue weighted by Gasteiger charge is -2.13. The summed E-state index contributed by atoms with van der Waals surface area (Å²) in [5.74, 6) is 6.06. The van der Waals surface area contributed by atoms with Crippen LogP contribution in [0, 0.1) is 0 Å². The molecular weight excluding hydrogens is 196 g/mol. The van der Waals surface area contributed by atoms with Crippen molar-refractivity contribution in [1.29, 1.82) is 0 Å². The summed E-state index contributed by atoms with van der Waals surface area (Å²) < 4.78 is 5.39. The Morgan fingerprint density at radius 3 is 2.93 bits per heavy atom. The average molecular weight is 214 g/mol. The number of rotatable bonds is 7. The van der Waals surface area contributed by atoms with Crippen LogP contribution in [0.3, 0.4) is 0 Å². The third kappa shape index (κ3) is 4.32. The summed E-state index contributed by atoms with van der Waals surface area (Å²) in [6, 6.07) is 0.0285. The van der Waals surface area contributed by atoms with Crippen LogP contribution in [0.2, 0.25) is 0 Å². The molecule has 0 aliphatic rings. The van der Waals surface area contributed by atoms with E-state index in [1.807, 2.05) is 0 Å². The van der Waals surface area contributed by atoms with E-state index in [1.165, 1.54) is 4.80 Å². The van der Waals surface area contributed by atoms with Crippen molar-refractivity contribution in [3.63, 3.8) is 0 Å². The van der Waals surface area contributed by atoms with Crippen LogP contribution < -0.4 is 11.3 Å². The topological polar surface area (TPSA) is 90.9 Å². The Morgan fingerprint density at radius 2 is 2.40 bits per heavy atom. The number of tetrazole rings is 1. The van der Waals surface area contributed by atoms with E-state index in [0.717, 1.165) is 13.0 Å². The average Bonchev–Trinajstić information content (AvgIpc) is 2.63. The van der Waals surface area contributed by atoms with Crippen LogP contribution in [0.4, 0.5) is 0 Å². The molecule has 0 saturated heterocycles. The van der Waals surface area contributed by atoms with Crippen molar-refractivity contribution < 1.29 is 4.74 Å². The molecule has 0 aliphatic carbocycles. The lowest BCUT2D eigenvalue weighted by atomic mass is 10.2. The van der Waals surface area contributed by atoms with E-state index >= 15 is 0 Å². The Morgan fingerprint density at radius 1 is 1.60 bits per heavy atom. The Hall–Kier alpha value is -1.05. The number of aromatic nitrogens is 4. The van der Waals surface area contributed by atoms with Gasteiger partial charge in [0, 0.05) is 13.0 Å². The molecule has 1 rings (SSSR count). The molecular formula is C8H18N6O. The number of ether oxygens (including phenoxy) is 1. The Kier molecular flexibility index (Phi) is 5.16. The van der Waals surface area contributed by atoms with Gasteiger partial charge in [-0.3, -0.25) is 11.3 Å². The van der Waals surface area contributed by atoms with Crippen molar-refractivity contribution in [2.24, 2.45) is 12.9 Å². The second-order valence-corrected chi connectivity index (χ2v) is 3.34. The van der Waals surface area contributed by atoms with Gasteiger partial charge in [0.25, 0.3) is 0 Å². The highest BCUT2D eigenvalue weighted by Crippen LogP contribution is 1.95. The SMILES string of the molecule is CCCOCC(Cc1nnn(C)n1)NN. The summed E-state index contributed by atoms with van der Waals surface area (Å²) in [5, 5.41) is 11.7. The fourth-order valence-corrected chi connectivity index (χ4v) is 1.16. The van der Waals surface area contributed by atoms with Crippen molar-refractivity contribution in [3.05, 3.63) is 5.82 Å². The molecule has 7 nitrogen and oxygen atoms in total. The molecule has 15 heavy (non-hydrogen) atoms. The number of nitrogens with one attached hydrogen (secondary N) is 1. The van der Waals surface area contributed by atoms with Gasteiger partial charge in [0.1, 0.15) is 0 Å². The Labute approximate surface area is 88.9 Å². The number of hydrogen-bond donors (Lipinski definition) is 2. The summed E-state index contributed by atoms with van der Waals surface area (Å²) in [4.78, 5) is 1.43. The molecule has 3 N–H and O–H groups in total. The molecule has 0 amide bonds. The second-order valence-electron chi connectivity index (χ2n) is 3.34. The quantitative estimate of drug-likeness (QED) is 0.344. The van der Waals surface area contributed by atoms with E-state index in [9.17, 15) is 0 Å². The van der Waals surface area contributed by atoms with Crippen LogP contribution in [-0.4, -0.2) is 39.5 Å².